The minimum absolute atomic E-state index is 0.829. The van der Waals surface area contributed by atoms with Crippen LogP contribution in [0, 0.1) is 0 Å². The van der Waals surface area contributed by atoms with E-state index in [0.717, 1.165) is 34.7 Å². The summed E-state index contributed by atoms with van der Waals surface area (Å²) >= 11 is 0. The molecule has 0 atom stereocenters. The molecule has 4 heterocycles. The first kappa shape index (κ1) is 10.2. The Labute approximate surface area is 114 Å². The van der Waals surface area contributed by atoms with Crippen LogP contribution in [0.1, 0.15) is 5.56 Å². The number of aromatic nitrogens is 3. The maximum Gasteiger partial charge on any atom is 0.329 e. The molecule has 4 heteroatoms. The molecule has 0 saturated heterocycles. The highest BCUT2D eigenvalue weighted by molar-refractivity contribution is 6.02. The van der Waals surface area contributed by atoms with Crippen molar-refractivity contribution < 1.29 is 8.98 Å². The number of para-hydroxylation sites is 1. The highest BCUT2D eigenvalue weighted by atomic mass is 16.4. The third-order valence-electron chi connectivity index (χ3n) is 4.15. The second-order valence-electron chi connectivity index (χ2n) is 5.23. The van der Waals surface area contributed by atoms with E-state index in [9.17, 15) is 0 Å². The SMILES string of the molecule is Cn1c2ccccc2c2oc3[n+](c21)Cc1cccnc1-3. The summed E-state index contributed by atoms with van der Waals surface area (Å²) in [7, 11) is 2.09. The number of fused-ring (bicyclic) bond motifs is 7. The number of hydrogen-bond acceptors (Lipinski definition) is 2. The molecular formula is C16H12N3O+. The monoisotopic (exact) mass is 262 g/mol. The fourth-order valence-electron chi connectivity index (χ4n) is 3.25. The minimum Gasteiger partial charge on any atom is -0.412 e. The van der Waals surface area contributed by atoms with Gasteiger partial charge in [0.2, 0.25) is 5.58 Å². The van der Waals surface area contributed by atoms with Gasteiger partial charge in [0, 0.05) is 11.8 Å². The van der Waals surface area contributed by atoms with Gasteiger partial charge in [0.05, 0.1) is 12.4 Å². The first-order valence-electron chi connectivity index (χ1n) is 6.68. The lowest BCUT2D eigenvalue weighted by atomic mass is 10.2. The molecule has 1 aliphatic heterocycles. The van der Waals surface area contributed by atoms with Crippen LogP contribution in [-0.2, 0) is 13.6 Å². The standard InChI is InChI=1S/C16H12N3O/c1-18-12-7-3-2-6-11(12)14-15(18)19-9-10-5-4-8-17-13(10)16(19)20-14/h2-8H,9H2,1H3/q+1. The van der Waals surface area contributed by atoms with Crippen LogP contribution in [0.4, 0.5) is 0 Å². The molecule has 0 fully saturated rings. The van der Waals surface area contributed by atoms with E-state index >= 15 is 0 Å². The van der Waals surface area contributed by atoms with Gasteiger partial charge in [0.25, 0.3) is 0 Å². The summed E-state index contributed by atoms with van der Waals surface area (Å²) in [5.74, 6) is 0.868. The molecule has 0 radical (unpaired) electrons. The molecule has 0 spiro atoms. The predicted octanol–water partition coefficient (Wildman–Crippen LogP) is 2.64. The smallest absolute Gasteiger partial charge is 0.329 e. The molecular weight excluding hydrogens is 250 g/mol. The zero-order valence-electron chi connectivity index (χ0n) is 11.0. The Morgan fingerprint density at radius 3 is 3.05 bits per heavy atom. The number of rotatable bonds is 0. The van der Waals surface area contributed by atoms with Crippen LogP contribution in [0.2, 0.25) is 0 Å². The number of oxazole rings is 1. The van der Waals surface area contributed by atoms with Crippen LogP contribution in [0.25, 0.3) is 33.7 Å². The van der Waals surface area contributed by atoms with E-state index in [4.69, 9.17) is 4.42 Å². The van der Waals surface area contributed by atoms with Gasteiger partial charge in [-0.15, -0.1) is 0 Å². The Bertz CT molecular complexity index is 994. The van der Waals surface area contributed by atoms with Crippen molar-refractivity contribution in [2.24, 2.45) is 7.05 Å². The first-order chi connectivity index (χ1) is 9.84. The van der Waals surface area contributed by atoms with Crippen LogP contribution >= 0.6 is 0 Å². The third-order valence-corrected chi connectivity index (χ3v) is 4.15. The van der Waals surface area contributed by atoms with E-state index in [1.165, 1.54) is 11.1 Å². The van der Waals surface area contributed by atoms with Crippen molar-refractivity contribution in [3.8, 4) is 11.6 Å². The molecule has 20 heavy (non-hydrogen) atoms. The van der Waals surface area contributed by atoms with Gasteiger partial charge in [-0.1, -0.05) is 18.2 Å². The summed E-state index contributed by atoms with van der Waals surface area (Å²) in [6.45, 7) is 0.829. The van der Waals surface area contributed by atoms with E-state index in [-0.39, 0.29) is 0 Å². The quantitative estimate of drug-likeness (QED) is 0.402. The molecule has 4 aromatic rings. The maximum atomic E-state index is 6.15. The van der Waals surface area contributed by atoms with E-state index in [1.807, 2.05) is 18.3 Å². The average Bonchev–Trinajstić information content (AvgIpc) is 3.09. The molecule has 0 amide bonds. The summed E-state index contributed by atoms with van der Waals surface area (Å²) in [4.78, 5) is 4.46. The van der Waals surface area contributed by atoms with Crippen molar-refractivity contribution in [2.45, 2.75) is 6.54 Å². The lowest BCUT2D eigenvalue weighted by molar-refractivity contribution is -0.652. The molecule has 0 aliphatic carbocycles. The number of aryl methyl sites for hydroxylation is 1. The minimum atomic E-state index is 0.829. The predicted molar refractivity (Wildman–Crippen MR) is 75.2 cm³/mol. The van der Waals surface area contributed by atoms with Gasteiger partial charge < -0.3 is 4.42 Å². The first-order valence-corrected chi connectivity index (χ1v) is 6.68. The van der Waals surface area contributed by atoms with Gasteiger partial charge >= 0.3 is 11.5 Å². The Morgan fingerprint density at radius 1 is 1.20 bits per heavy atom. The van der Waals surface area contributed by atoms with Gasteiger partial charge in [-0.25, -0.2) is 9.55 Å². The van der Waals surface area contributed by atoms with Crippen molar-refractivity contribution >= 4 is 22.1 Å². The number of pyridine rings is 1. The summed E-state index contributed by atoms with van der Waals surface area (Å²) in [6, 6.07) is 12.4. The summed E-state index contributed by atoms with van der Waals surface area (Å²) in [5.41, 5.74) is 5.46. The topological polar surface area (TPSA) is 34.8 Å². The summed E-state index contributed by atoms with van der Waals surface area (Å²) in [5, 5.41) is 1.16. The van der Waals surface area contributed by atoms with E-state index < -0.39 is 0 Å². The normalized spacial score (nSPS) is 13.1. The zero-order chi connectivity index (χ0) is 13.3. The van der Waals surface area contributed by atoms with Crippen molar-refractivity contribution in [2.75, 3.05) is 0 Å². The van der Waals surface area contributed by atoms with Crippen LogP contribution in [0.3, 0.4) is 0 Å². The lowest BCUT2D eigenvalue weighted by Gasteiger charge is -1.92. The molecule has 96 valence electrons. The Hall–Kier alpha value is -2.62. The molecule has 5 rings (SSSR count). The van der Waals surface area contributed by atoms with Gasteiger partial charge in [-0.2, -0.15) is 4.57 Å². The molecule has 3 aromatic heterocycles. The van der Waals surface area contributed by atoms with Crippen molar-refractivity contribution in [1.82, 2.24) is 9.55 Å². The van der Waals surface area contributed by atoms with E-state index in [1.54, 1.807) is 0 Å². The highest BCUT2D eigenvalue weighted by Crippen LogP contribution is 2.34. The Kier molecular flexibility index (Phi) is 1.67. The lowest BCUT2D eigenvalue weighted by Crippen LogP contribution is -2.32. The van der Waals surface area contributed by atoms with Crippen molar-refractivity contribution in [1.29, 1.82) is 0 Å². The van der Waals surface area contributed by atoms with Gasteiger partial charge in [-0.05, 0) is 18.2 Å². The third kappa shape index (κ3) is 1.04. The second kappa shape index (κ2) is 3.28. The largest absolute Gasteiger partial charge is 0.412 e. The Balaban J connectivity index is 1.97. The number of hydrogen-bond donors (Lipinski definition) is 0. The average molecular weight is 262 g/mol. The number of nitrogens with zero attached hydrogens (tertiary/aromatic N) is 3. The van der Waals surface area contributed by atoms with Crippen molar-refractivity contribution in [3.63, 3.8) is 0 Å². The molecule has 0 unspecified atom stereocenters. The fraction of sp³-hybridized carbons (Fsp3) is 0.125. The molecule has 1 aromatic carbocycles. The zero-order valence-corrected chi connectivity index (χ0v) is 11.0. The van der Waals surface area contributed by atoms with Gasteiger partial charge in [0.1, 0.15) is 12.1 Å². The second-order valence-corrected chi connectivity index (χ2v) is 5.23. The highest BCUT2D eigenvalue weighted by Gasteiger charge is 2.34. The van der Waals surface area contributed by atoms with Crippen LogP contribution in [0.15, 0.2) is 47.0 Å². The Morgan fingerprint density at radius 2 is 2.10 bits per heavy atom. The fourth-order valence-corrected chi connectivity index (χ4v) is 3.25. The van der Waals surface area contributed by atoms with Crippen LogP contribution < -0.4 is 4.57 Å². The molecule has 0 saturated carbocycles. The molecule has 0 bridgehead atoms. The summed E-state index contributed by atoms with van der Waals surface area (Å²) in [6.07, 6.45) is 1.82. The maximum absolute atomic E-state index is 6.15. The van der Waals surface area contributed by atoms with Gasteiger partial charge in [-0.3, -0.25) is 0 Å². The molecule has 1 aliphatic rings. The van der Waals surface area contributed by atoms with E-state index in [2.05, 4.69) is 45.4 Å². The molecule has 4 nitrogen and oxygen atoms in total. The number of benzene rings is 1. The van der Waals surface area contributed by atoms with Gasteiger partial charge in [0.15, 0.2) is 5.69 Å². The van der Waals surface area contributed by atoms with E-state index in [0.29, 0.717) is 0 Å². The summed E-state index contributed by atoms with van der Waals surface area (Å²) < 4.78 is 10.6. The molecule has 0 N–H and O–H groups in total. The van der Waals surface area contributed by atoms with Crippen LogP contribution in [-0.4, -0.2) is 9.55 Å². The van der Waals surface area contributed by atoms with Crippen LogP contribution in [0.5, 0.6) is 0 Å². The van der Waals surface area contributed by atoms with Crippen molar-refractivity contribution in [3.05, 3.63) is 48.2 Å².